The van der Waals surface area contributed by atoms with E-state index in [9.17, 15) is 9.18 Å². The first-order valence-corrected chi connectivity index (χ1v) is 5.62. The van der Waals surface area contributed by atoms with Gasteiger partial charge < -0.3 is 10.1 Å². The van der Waals surface area contributed by atoms with Crippen molar-refractivity contribution in [2.75, 3.05) is 19.0 Å². The number of ether oxygens (including phenoxy) is 1. The van der Waals surface area contributed by atoms with Crippen molar-refractivity contribution in [1.29, 1.82) is 0 Å². The molecule has 1 aromatic rings. The average molecular weight is 239 g/mol. The maximum Gasteiger partial charge on any atom is 0.310 e. The van der Waals surface area contributed by atoms with Gasteiger partial charge in [-0.1, -0.05) is 19.9 Å². The minimum absolute atomic E-state index is 0.170. The van der Waals surface area contributed by atoms with Crippen molar-refractivity contribution < 1.29 is 13.9 Å². The Hall–Kier alpha value is -1.58. The standard InChI is InChI=1S/C13H18FNO2/c1-9(2)12(13(16)17-3)8-15-11-6-4-5-10(14)7-11/h4-7,9,12,15H,8H2,1-3H3. The fourth-order valence-electron chi connectivity index (χ4n) is 1.57. The van der Waals surface area contributed by atoms with Crippen molar-refractivity contribution in [2.45, 2.75) is 13.8 Å². The van der Waals surface area contributed by atoms with E-state index in [1.54, 1.807) is 12.1 Å². The molecule has 17 heavy (non-hydrogen) atoms. The summed E-state index contributed by atoms with van der Waals surface area (Å²) in [7, 11) is 1.37. The van der Waals surface area contributed by atoms with Crippen molar-refractivity contribution in [3.63, 3.8) is 0 Å². The van der Waals surface area contributed by atoms with Crippen molar-refractivity contribution in [2.24, 2.45) is 11.8 Å². The van der Waals surface area contributed by atoms with Crippen molar-refractivity contribution in [1.82, 2.24) is 0 Å². The molecule has 1 unspecified atom stereocenters. The summed E-state index contributed by atoms with van der Waals surface area (Å²) in [6.07, 6.45) is 0. The summed E-state index contributed by atoms with van der Waals surface area (Å²) in [6.45, 7) is 4.34. The third kappa shape index (κ3) is 4.06. The van der Waals surface area contributed by atoms with Crippen LogP contribution in [0.5, 0.6) is 0 Å². The highest BCUT2D eigenvalue weighted by molar-refractivity contribution is 5.73. The molecule has 0 spiro atoms. The molecule has 0 saturated carbocycles. The molecular formula is C13H18FNO2. The quantitative estimate of drug-likeness (QED) is 0.803. The normalized spacial score (nSPS) is 12.3. The molecule has 0 aromatic heterocycles. The summed E-state index contributed by atoms with van der Waals surface area (Å²) in [6, 6.07) is 6.16. The Bertz CT molecular complexity index is 379. The number of methoxy groups -OCH3 is 1. The molecule has 0 aliphatic carbocycles. The summed E-state index contributed by atoms with van der Waals surface area (Å²) in [4.78, 5) is 11.5. The molecule has 1 N–H and O–H groups in total. The zero-order chi connectivity index (χ0) is 12.8. The first-order valence-electron chi connectivity index (χ1n) is 5.62. The van der Waals surface area contributed by atoms with E-state index in [1.165, 1.54) is 19.2 Å². The summed E-state index contributed by atoms with van der Waals surface area (Å²) >= 11 is 0. The summed E-state index contributed by atoms with van der Waals surface area (Å²) in [5.41, 5.74) is 0.666. The van der Waals surface area contributed by atoms with Gasteiger partial charge in [-0.25, -0.2) is 4.39 Å². The van der Waals surface area contributed by atoms with E-state index in [-0.39, 0.29) is 23.6 Å². The number of anilines is 1. The van der Waals surface area contributed by atoms with Gasteiger partial charge in [-0.2, -0.15) is 0 Å². The van der Waals surface area contributed by atoms with E-state index in [2.05, 4.69) is 5.32 Å². The lowest BCUT2D eigenvalue weighted by molar-refractivity contribution is -0.146. The van der Waals surface area contributed by atoms with E-state index in [1.807, 2.05) is 13.8 Å². The first kappa shape index (κ1) is 13.5. The zero-order valence-electron chi connectivity index (χ0n) is 10.4. The van der Waals surface area contributed by atoms with Gasteiger partial charge in [-0.15, -0.1) is 0 Å². The van der Waals surface area contributed by atoms with Crippen LogP contribution in [0.15, 0.2) is 24.3 Å². The highest BCUT2D eigenvalue weighted by atomic mass is 19.1. The van der Waals surface area contributed by atoms with Gasteiger partial charge >= 0.3 is 5.97 Å². The minimum atomic E-state index is -0.297. The Morgan fingerprint density at radius 1 is 1.47 bits per heavy atom. The molecular weight excluding hydrogens is 221 g/mol. The molecule has 0 bridgehead atoms. The molecule has 1 rings (SSSR count). The molecule has 0 heterocycles. The van der Waals surface area contributed by atoms with E-state index in [0.717, 1.165) is 0 Å². The third-order valence-electron chi connectivity index (χ3n) is 2.66. The van der Waals surface area contributed by atoms with E-state index in [4.69, 9.17) is 4.74 Å². The fourth-order valence-corrected chi connectivity index (χ4v) is 1.57. The minimum Gasteiger partial charge on any atom is -0.469 e. The van der Waals surface area contributed by atoms with Crippen LogP contribution in [0.1, 0.15) is 13.8 Å². The number of hydrogen-bond donors (Lipinski definition) is 1. The van der Waals surface area contributed by atoms with Gasteiger partial charge in [0.15, 0.2) is 0 Å². The van der Waals surface area contributed by atoms with E-state index in [0.29, 0.717) is 12.2 Å². The highest BCUT2D eigenvalue weighted by Crippen LogP contribution is 2.15. The lowest BCUT2D eigenvalue weighted by Gasteiger charge is -2.19. The maximum absolute atomic E-state index is 12.9. The largest absolute Gasteiger partial charge is 0.469 e. The van der Waals surface area contributed by atoms with Gasteiger partial charge in [0.1, 0.15) is 5.82 Å². The number of esters is 1. The van der Waals surface area contributed by atoms with Crippen LogP contribution in [0, 0.1) is 17.7 Å². The van der Waals surface area contributed by atoms with Gasteiger partial charge in [-0.05, 0) is 24.1 Å². The molecule has 0 radical (unpaired) electrons. The second kappa shape index (κ2) is 6.23. The number of nitrogens with one attached hydrogen (secondary N) is 1. The third-order valence-corrected chi connectivity index (χ3v) is 2.66. The van der Waals surface area contributed by atoms with Gasteiger partial charge in [0.25, 0.3) is 0 Å². The first-order chi connectivity index (χ1) is 8.04. The Labute approximate surface area is 101 Å². The Morgan fingerprint density at radius 2 is 2.18 bits per heavy atom. The Kier molecular flexibility index (Phi) is 4.94. The second-order valence-electron chi connectivity index (χ2n) is 4.26. The summed E-state index contributed by atoms with van der Waals surface area (Å²) in [5, 5.41) is 3.04. The Morgan fingerprint density at radius 3 is 2.71 bits per heavy atom. The molecule has 0 fully saturated rings. The molecule has 0 aliphatic heterocycles. The van der Waals surface area contributed by atoms with Crippen LogP contribution in [-0.2, 0) is 9.53 Å². The zero-order valence-corrected chi connectivity index (χ0v) is 10.4. The lowest BCUT2D eigenvalue weighted by Crippen LogP contribution is -2.28. The van der Waals surface area contributed by atoms with Gasteiger partial charge in [0.2, 0.25) is 0 Å². The summed E-state index contributed by atoms with van der Waals surface area (Å²) < 4.78 is 17.7. The smallest absolute Gasteiger partial charge is 0.310 e. The SMILES string of the molecule is COC(=O)C(CNc1cccc(F)c1)C(C)C. The van der Waals surface area contributed by atoms with Crippen molar-refractivity contribution in [3.05, 3.63) is 30.1 Å². The molecule has 0 aliphatic rings. The molecule has 3 nitrogen and oxygen atoms in total. The second-order valence-corrected chi connectivity index (χ2v) is 4.26. The van der Waals surface area contributed by atoms with Gasteiger partial charge in [0, 0.05) is 12.2 Å². The predicted molar refractivity (Wildman–Crippen MR) is 65.2 cm³/mol. The molecule has 1 aromatic carbocycles. The monoisotopic (exact) mass is 239 g/mol. The van der Waals surface area contributed by atoms with Crippen molar-refractivity contribution >= 4 is 11.7 Å². The number of hydrogen-bond acceptors (Lipinski definition) is 3. The lowest BCUT2D eigenvalue weighted by atomic mass is 9.96. The van der Waals surface area contributed by atoms with Gasteiger partial charge in [0.05, 0.1) is 13.0 Å². The van der Waals surface area contributed by atoms with Crippen LogP contribution in [-0.4, -0.2) is 19.6 Å². The Balaban J connectivity index is 2.61. The summed E-state index contributed by atoms with van der Waals surface area (Å²) in [5.74, 6) is -0.607. The number of carbonyl (C=O) groups is 1. The van der Waals surface area contributed by atoms with Crippen LogP contribution in [0.3, 0.4) is 0 Å². The number of benzene rings is 1. The maximum atomic E-state index is 12.9. The average Bonchev–Trinajstić information content (AvgIpc) is 2.28. The van der Waals surface area contributed by atoms with Crippen LogP contribution >= 0.6 is 0 Å². The van der Waals surface area contributed by atoms with Crippen LogP contribution < -0.4 is 5.32 Å². The molecule has 94 valence electrons. The number of halogens is 1. The van der Waals surface area contributed by atoms with Gasteiger partial charge in [-0.3, -0.25) is 4.79 Å². The van der Waals surface area contributed by atoms with Crippen LogP contribution in [0.4, 0.5) is 10.1 Å². The fraction of sp³-hybridized carbons (Fsp3) is 0.462. The number of carbonyl (C=O) groups excluding carboxylic acids is 1. The molecule has 1 atom stereocenters. The predicted octanol–water partition coefficient (Wildman–Crippen LogP) is 2.68. The van der Waals surface area contributed by atoms with Crippen molar-refractivity contribution in [3.8, 4) is 0 Å². The van der Waals surface area contributed by atoms with E-state index < -0.39 is 0 Å². The van der Waals surface area contributed by atoms with E-state index >= 15 is 0 Å². The molecule has 0 amide bonds. The van der Waals surface area contributed by atoms with Crippen LogP contribution in [0.2, 0.25) is 0 Å². The molecule has 4 heteroatoms. The van der Waals surface area contributed by atoms with Crippen LogP contribution in [0.25, 0.3) is 0 Å². The number of rotatable bonds is 5. The topological polar surface area (TPSA) is 38.3 Å². The highest BCUT2D eigenvalue weighted by Gasteiger charge is 2.22. The molecule has 0 saturated heterocycles.